The number of aliphatic carboxylic acids is 1. The molecular formula is C13H17NO4. The summed E-state index contributed by atoms with van der Waals surface area (Å²) in [7, 11) is 0. The summed E-state index contributed by atoms with van der Waals surface area (Å²) in [5, 5.41) is 11.2. The Morgan fingerprint density at radius 1 is 1.28 bits per heavy atom. The van der Waals surface area contributed by atoms with Crippen LogP contribution in [0.5, 0.6) is 0 Å². The van der Waals surface area contributed by atoms with Gasteiger partial charge in [-0.15, -0.1) is 0 Å². The summed E-state index contributed by atoms with van der Waals surface area (Å²) in [6.07, 6.45) is -0.722. The van der Waals surface area contributed by atoms with Gasteiger partial charge < -0.3 is 15.2 Å². The Labute approximate surface area is 106 Å². The lowest BCUT2D eigenvalue weighted by molar-refractivity contribution is -0.140. The van der Waals surface area contributed by atoms with Crippen LogP contribution in [-0.2, 0) is 16.1 Å². The highest BCUT2D eigenvalue weighted by molar-refractivity contribution is 5.80. The van der Waals surface area contributed by atoms with Crippen LogP contribution in [0.3, 0.4) is 0 Å². The molecule has 1 amide bonds. The Morgan fingerprint density at radius 3 is 2.39 bits per heavy atom. The zero-order chi connectivity index (χ0) is 13.5. The van der Waals surface area contributed by atoms with Crippen LogP contribution in [0.4, 0.5) is 4.79 Å². The predicted molar refractivity (Wildman–Crippen MR) is 66.0 cm³/mol. The van der Waals surface area contributed by atoms with Crippen molar-refractivity contribution in [1.82, 2.24) is 5.32 Å². The lowest BCUT2D eigenvalue weighted by Crippen LogP contribution is -2.44. The Kier molecular flexibility index (Phi) is 5.17. The SMILES string of the molecule is [13CH3][13CH]([13CH3])[13C@H]([15NH]C(=O)OCc1ccccc1)[13C](=O)O. The van der Waals surface area contributed by atoms with Gasteiger partial charge in [0.05, 0.1) is 0 Å². The van der Waals surface area contributed by atoms with Crippen LogP contribution >= 0.6 is 0 Å². The van der Waals surface area contributed by atoms with Gasteiger partial charge in [0.15, 0.2) is 0 Å². The zero-order valence-electron chi connectivity index (χ0n) is 10.4. The molecule has 0 aliphatic rings. The quantitative estimate of drug-likeness (QED) is 0.625. The molecule has 0 bridgehead atoms. The van der Waals surface area contributed by atoms with E-state index in [-0.39, 0.29) is 12.5 Å². The van der Waals surface area contributed by atoms with E-state index in [0.717, 1.165) is 5.56 Å². The predicted octanol–water partition coefficient (Wildman–Crippen LogP) is 2.02. The van der Waals surface area contributed by atoms with Crippen molar-refractivity contribution in [2.75, 3.05) is 0 Å². The Morgan fingerprint density at radius 2 is 1.89 bits per heavy atom. The third-order valence-corrected chi connectivity index (χ3v) is 2.42. The van der Waals surface area contributed by atoms with Crippen molar-refractivity contribution in [3.63, 3.8) is 0 Å². The van der Waals surface area contributed by atoms with Crippen molar-refractivity contribution in [2.24, 2.45) is 5.92 Å². The van der Waals surface area contributed by atoms with E-state index in [1.165, 1.54) is 0 Å². The first-order chi connectivity index (χ1) is 8.50. The summed E-state index contributed by atoms with van der Waals surface area (Å²) in [6, 6.07) is 8.25. The molecule has 2 N–H and O–H groups in total. The fourth-order valence-corrected chi connectivity index (χ4v) is 1.41. The van der Waals surface area contributed by atoms with Crippen LogP contribution in [-0.4, -0.2) is 23.2 Å². The topological polar surface area (TPSA) is 75.6 Å². The molecule has 0 saturated carbocycles. The highest BCUT2D eigenvalue weighted by atomic mass is 16.6. The number of hydrogen-bond acceptors (Lipinski definition) is 3. The molecule has 0 fully saturated rings. The molecule has 5 nitrogen and oxygen atoms in total. The number of nitrogens with one attached hydrogen (secondary N) is 1. The Bertz CT molecular complexity index is 403. The highest BCUT2D eigenvalue weighted by Gasteiger charge is 2.23. The standard InChI is InChI=1S/C13H17NO4/c1-9(2)11(12(15)16)14-13(17)18-8-10-6-4-3-5-7-10/h3-7,9,11H,8H2,1-2H3,(H,14,17)(H,15,16)/t11-/m0/s1/i1+1,2+1,9+1,11+1,12+1,14+1. The first-order valence-corrected chi connectivity index (χ1v) is 5.70. The molecule has 0 radical (unpaired) electrons. The molecule has 0 aliphatic heterocycles. The second-order valence-electron chi connectivity index (χ2n) is 4.27. The van der Waals surface area contributed by atoms with Crippen molar-refractivity contribution in [3.8, 4) is 0 Å². The highest BCUT2D eigenvalue weighted by Crippen LogP contribution is 2.04. The van der Waals surface area contributed by atoms with Crippen LogP contribution in [0.15, 0.2) is 30.3 Å². The van der Waals surface area contributed by atoms with Crippen molar-refractivity contribution in [3.05, 3.63) is 35.9 Å². The van der Waals surface area contributed by atoms with E-state index in [4.69, 9.17) is 9.84 Å². The fourth-order valence-electron chi connectivity index (χ4n) is 1.41. The van der Waals surface area contributed by atoms with Crippen molar-refractivity contribution >= 4 is 12.1 Å². The van der Waals surface area contributed by atoms with Gasteiger partial charge in [-0.05, 0) is 11.5 Å². The third kappa shape index (κ3) is 4.45. The summed E-state index contributed by atoms with van der Waals surface area (Å²) in [5.41, 5.74) is 0.851. The lowest BCUT2D eigenvalue weighted by Gasteiger charge is -2.17. The second-order valence-corrected chi connectivity index (χ2v) is 4.27. The number of carboxylic acids is 1. The summed E-state index contributed by atoms with van der Waals surface area (Å²) >= 11 is 0. The van der Waals surface area contributed by atoms with Gasteiger partial charge in [0.1, 0.15) is 12.6 Å². The molecule has 0 unspecified atom stereocenters. The lowest BCUT2D eigenvalue weighted by atomic mass is 10.2. The minimum Gasteiger partial charge on any atom is -0.480 e. The average Bonchev–Trinajstić information content (AvgIpc) is 2.34. The number of carbonyl (C=O) groups is 2. The van der Waals surface area contributed by atoms with Crippen molar-refractivity contribution in [1.29, 1.82) is 0 Å². The molecule has 98 valence electrons. The van der Waals surface area contributed by atoms with Crippen LogP contribution in [0.2, 0.25) is 0 Å². The number of amides is 1. The minimum atomic E-state index is -1.07. The Hall–Kier alpha value is -2.04. The maximum Gasteiger partial charge on any atom is 0.408 e. The number of hydrogen-bond donors (Lipinski definition) is 2. The van der Waals surface area contributed by atoms with Crippen LogP contribution in [0, 0.1) is 5.92 Å². The molecule has 0 saturated heterocycles. The molecule has 0 spiro atoms. The summed E-state index contributed by atoms with van der Waals surface area (Å²) < 4.78 is 4.95. The molecule has 1 rings (SSSR count). The first kappa shape index (κ1) is 14.0. The molecule has 18 heavy (non-hydrogen) atoms. The maximum atomic E-state index is 11.4. The Balaban J connectivity index is 2.44. The number of alkyl carbamates (subject to hydrolysis) is 1. The average molecular weight is 257 g/mol. The van der Waals surface area contributed by atoms with E-state index in [9.17, 15) is 9.59 Å². The van der Waals surface area contributed by atoms with Crippen molar-refractivity contribution in [2.45, 2.75) is 26.5 Å². The summed E-state index contributed by atoms with van der Waals surface area (Å²) in [5.74, 6) is -1.27. The number of benzene rings is 1. The third-order valence-electron chi connectivity index (χ3n) is 2.42. The number of rotatable bonds is 5. The van der Waals surface area contributed by atoms with E-state index < -0.39 is 18.1 Å². The molecule has 0 heterocycles. The van der Waals surface area contributed by atoms with Gasteiger partial charge in [-0.3, -0.25) is 0 Å². The van der Waals surface area contributed by atoms with E-state index in [2.05, 4.69) is 5.32 Å². The second kappa shape index (κ2) is 6.64. The number of ether oxygens (including phenoxy) is 1. The normalized spacial score (nSPS) is 11.9. The first-order valence-electron chi connectivity index (χ1n) is 5.70. The van der Waals surface area contributed by atoms with E-state index in [0.29, 0.717) is 0 Å². The van der Waals surface area contributed by atoms with Gasteiger partial charge in [0.25, 0.3) is 0 Å². The maximum absolute atomic E-state index is 11.4. The molecule has 1 aromatic rings. The zero-order valence-corrected chi connectivity index (χ0v) is 10.4. The van der Waals surface area contributed by atoms with Crippen LogP contribution < -0.4 is 5.32 Å². The van der Waals surface area contributed by atoms with Gasteiger partial charge in [0.2, 0.25) is 0 Å². The van der Waals surface area contributed by atoms with Crippen LogP contribution in [0.25, 0.3) is 0 Å². The molecule has 1 atom stereocenters. The van der Waals surface area contributed by atoms with Crippen LogP contribution in [0.1, 0.15) is 19.4 Å². The van der Waals surface area contributed by atoms with E-state index in [1.807, 2.05) is 30.3 Å². The van der Waals surface area contributed by atoms with Gasteiger partial charge in [-0.2, -0.15) is 0 Å². The largest absolute Gasteiger partial charge is 0.480 e. The monoisotopic (exact) mass is 257 g/mol. The number of carboxylic acid groups (broad SMARTS) is 1. The van der Waals surface area contributed by atoms with Gasteiger partial charge in [0, 0.05) is 0 Å². The summed E-state index contributed by atoms with van der Waals surface area (Å²) in [6.45, 7) is 3.56. The number of carbonyl (C=O) groups excluding carboxylic acids is 1. The molecule has 0 aliphatic carbocycles. The fraction of sp³-hybridized carbons (Fsp3) is 0.385. The van der Waals surface area contributed by atoms with Gasteiger partial charge in [-0.1, -0.05) is 44.2 Å². The van der Waals surface area contributed by atoms with Gasteiger partial charge in [-0.25, -0.2) is 9.59 Å². The smallest absolute Gasteiger partial charge is 0.408 e. The van der Waals surface area contributed by atoms with Gasteiger partial charge >= 0.3 is 12.1 Å². The van der Waals surface area contributed by atoms with E-state index >= 15 is 0 Å². The molecular weight excluding hydrogens is 240 g/mol. The minimum absolute atomic E-state index is 0.122. The molecule has 0 aromatic heterocycles. The van der Waals surface area contributed by atoms with E-state index in [1.54, 1.807) is 13.8 Å². The molecule has 5 heteroatoms. The molecule has 1 aromatic carbocycles. The van der Waals surface area contributed by atoms with Crippen molar-refractivity contribution < 1.29 is 19.4 Å². The summed E-state index contributed by atoms with van der Waals surface area (Å²) in [4.78, 5) is 22.3.